The minimum atomic E-state index is -0.417. The molecule has 1 aromatic carbocycles. The van der Waals surface area contributed by atoms with E-state index < -0.39 is 6.04 Å². The van der Waals surface area contributed by atoms with Gasteiger partial charge in [-0.3, -0.25) is 9.59 Å². The number of amides is 2. The van der Waals surface area contributed by atoms with E-state index in [0.717, 1.165) is 15.7 Å². The van der Waals surface area contributed by atoms with Gasteiger partial charge in [0.2, 0.25) is 11.8 Å². The Kier molecular flexibility index (Phi) is 4.48. The molecule has 1 heterocycles. The SMILES string of the molecule is Cc1cc(Br)ccc1N1CC(=O)NC(CC(C)C)C1=O. The number of benzene rings is 1. The van der Waals surface area contributed by atoms with Crippen molar-refractivity contribution in [2.24, 2.45) is 5.92 Å². The maximum atomic E-state index is 12.5. The molecule has 108 valence electrons. The number of carbonyl (C=O) groups excluding carboxylic acids is 2. The van der Waals surface area contributed by atoms with E-state index in [4.69, 9.17) is 0 Å². The second-order valence-electron chi connectivity index (χ2n) is 5.60. The summed E-state index contributed by atoms with van der Waals surface area (Å²) in [7, 11) is 0. The summed E-state index contributed by atoms with van der Waals surface area (Å²) in [4.78, 5) is 26.0. The molecule has 2 rings (SSSR count). The van der Waals surface area contributed by atoms with Crippen molar-refractivity contribution in [1.29, 1.82) is 0 Å². The number of nitrogens with one attached hydrogen (secondary N) is 1. The van der Waals surface area contributed by atoms with Crippen LogP contribution in [0.2, 0.25) is 0 Å². The smallest absolute Gasteiger partial charge is 0.250 e. The Morgan fingerprint density at radius 1 is 1.40 bits per heavy atom. The van der Waals surface area contributed by atoms with Crippen molar-refractivity contribution in [3.8, 4) is 0 Å². The van der Waals surface area contributed by atoms with Gasteiger partial charge in [-0.15, -0.1) is 0 Å². The van der Waals surface area contributed by atoms with Crippen molar-refractivity contribution in [3.05, 3.63) is 28.2 Å². The first-order valence-corrected chi connectivity index (χ1v) is 7.54. The van der Waals surface area contributed by atoms with Crippen LogP contribution in [0.4, 0.5) is 5.69 Å². The fourth-order valence-corrected chi connectivity index (χ4v) is 2.94. The van der Waals surface area contributed by atoms with Gasteiger partial charge in [0.15, 0.2) is 0 Å². The molecule has 1 aliphatic heterocycles. The van der Waals surface area contributed by atoms with Crippen LogP contribution in [0.1, 0.15) is 25.8 Å². The van der Waals surface area contributed by atoms with Crippen molar-refractivity contribution in [3.63, 3.8) is 0 Å². The minimum absolute atomic E-state index is 0.0243. The molecule has 1 fully saturated rings. The standard InChI is InChI=1S/C15H19BrN2O2/c1-9(2)6-12-15(20)18(8-14(19)17-12)13-5-4-11(16)7-10(13)3/h4-5,7,9,12H,6,8H2,1-3H3,(H,17,19). The third-order valence-corrected chi connectivity index (χ3v) is 3.85. The largest absolute Gasteiger partial charge is 0.343 e. The highest BCUT2D eigenvalue weighted by Crippen LogP contribution is 2.26. The number of hydrogen-bond donors (Lipinski definition) is 1. The summed E-state index contributed by atoms with van der Waals surface area (Å²) in [5.41, 5.74) is 1.78. The molecule has 0 spiro atoms. The van der Waals surface area contributed by atoms with E-state index in [1.54, 1.807) is 4.90 Å². The zero-order valence-electron chi connectivity index (χ0n) is 11.9. The average molecular weight is 339 g/mol. The third kappa shape index (κ3) is 3.20. The topological polar surface area (TPSA) is 49.4 Å². The Morgan fingerprint density at radius 3 is 2.70 bits per heavy atom. The van der Waals surface area contributed by atoms with Crippen LogP contribution in [-0.2, 0) is 9.59 Å². The fourth-order valence-electron chi connectivity index (χ4n) is 2.47. The molecule has 0 bridgehead atoms. The summed E-state index contributed by atoms with van der Waals surface area (Å²) in [6.07, 6.45) is 0.663. The van der Waals surface area contributed by atoms with E-state index in [9.17, 15) is 9.59 Å². The average Bonchev–Trinajstić information content (AvgIpc) is 2.33. The van der Waals surface area contributed by atoms with Crippen molar-refractivity contribution >= 4 is 33.4 Å². The zero-order valence-corrected chi connectivity index (χ0v) is 13.5. The van der Waals surface area contributed by atoms with Crippen LogP contribution >= 0.6 is 15.9 Å². The molecule has 1 aromatic rings. The van der Waals surface area contributed by atoms with Gasteiger partial charge < -0.3 is 10.2 Å². The second kappa shape index (κ2) is 5.95. The summed E-state index contributed by atoms with van der Waals surface area (Å²) >= 11 is 3.41. The van der Waals surface area contributed by atoms with E-state index in [0.29, 0.717) is 12.3 Å². The third-order valence-electron chi connectivity index (χ3n) is 3.36. The van der Waals surface area contributed by atoms with Gasteiger partial charge in [-0.2, -0.15) is 0 Å². The fraction of sp³-hybridized carbons (Fsp3) is 0.467. The lowest BCUT2D eigenvalue weighted by atomic mass is 10.00. The molecular weight excluding hydrogens is 320 g/mol. The van der Waals surface area contributed by atoms with Crippen LogP contribution in [-0.4, -0.2) is 24.4 Å². The summed E-state index contributed by atoms with van der Waals surface area (Å²) in [6, 6.07) is 5.30. The van der Waals surface area contributed by atoms with E-state index in [2.05, 4.69) is 21.2 Å². The van der Waals surface area contributed by atoms with Crippen molar-refractivity contribution in [1.82, 2.24) is 5.32 Å². The lowest BCUT2D eigenvalue weighted by molar-refractivity contribution is -0.131. The first-order valence-electron chi connectivity index (χ1n) is 6.75. The first kappa shape index (κ1) is 15.0. The highest BCUT2D eigenvalue weighted by Gasteiger charge is 2.34. The summed E-state index contributed by atoms with van der Waals surface area (Å²) < 4.78 is 0.964. The van der Waals surface area contributed by atoms with E-state index in [1.807, 2.05) is 39.0 Å². The molecule has 0 aromatic heterocycles. The Bertz CT molecular complexity index is 543. The monoisotopic (exact) mass is 338 g/mol. The van der Waals surface area contributed by atoms with Gasteiger partial charge in [-0.1, -0.05) is 29.8 Å². The second-order valence-corrected chi connectivity index (χ2v) is 6.52. The molecule has 20 heavy (non-hydrogen) atoms. The number of halogens is 1. The number of carbonyl (C=O) groups is 2. The highest BCUT2D eigenvalue weighted by molar-refractivity contribution is 9.10. The number of hydrogen-bond acceptors (Lipinski definition) is 2. The van der Waals surface area contributed by atoms with Crippen molar-refractivity contribution < 1.29 is 9.59 Å². The maximum Gasteiger partial charge on any atom is 0.250 e. The predicted molar refractivity (Wildman–Crippen MR) is 82.6 cm³/mol. The van der Waals surface area contributed by atoms with Gasteiger partial charge in [0.25, 0.3) is 0 Å². The van der Waals surface area contributed by atoms with Crippen molar-refractivity contribution in [2.45, 2.75) is 33.2 Å². The van der Waals surface area contributed by atoms with E-state index in [-0.39, 0.29) is 18.4 Å². The zero-order chi connectivity index (χ0) is 14.9. The molecule has 0 aliphatic carbocycles. The first-order chi connectivity index (χ1) is 9.38. The van der Waals surface area contributed by atoms with Crippen LogP contribution in [0.3, 0.4) is 0 Å². The van der Waals surface area contributed by atoms with E-state index in [1.165, 1.54) is 0 Å². The Balaban J connectivity index is 2.30. The summed E-state index contributed by atoms with van der Waals surface area (Å²) in [6.45, 7) is 6.12. The van der Waals surface area contributed by atoms with Crippen molar-refractivity contribution in [2.75, 3.05) is 11.4 Å². The van der Waals surface area contributed by atoms with Gasteiger partial charge >= 0.3 is 0 Å². The quantitative estimate of drug-likeness (QED) is 0.920. The highest BCUT2D eigenvalue weighted by atomic mass is 79.9. The molecule has 1 aliphatic rings. The Morgan fingerprint density at radius 2 is 2.10 bits per heavy atom. The number of anilines is 1. The van der Waals surface area contributed by atoms with E-state index >= 15 is 0 Å². The summed E-state index contributed by atoms with van der Waals surface area (Å²) in [5.74, 6) is 0.233. The van der Waals surface area contributed by atoms with Crippen LogP contribution in [0.25, 0.3) is 0 Å². The van der Waals surface area contributed by atoms with Gasteiger partial charge in [0, 0.05) is 10.2 Å². The Labute approximate surface area is 127 Å². The molecule has 2 amide bonds. The van der Waals surface area contributed by atoms with Crippen LogP contribution in [0.5, 0.6) is 0 Å². The normalized spacial score (nSPS) is 19.4. The van der Waals surface area contributed by atoms with Gasteiger partial charge in [-0.05, 0) is 43.0 Å². The summed E-state index contributed by atoms with van der Waals surface area (Å²) in [5, 5.41) is 2.79. The molecule has 0 radical (unpaired) electrons. The van der Waals surface area contributed by atoms with Crippen LogP contribution in [0, 0.1) is 12.8 Å². The molecule has 4 nitrogen and oxygen atoms in total. The number of nitrogens with zero attached hydrogens (tertiary/aromatic N) is 1. The molecule has 1 saturated heterocycles. The number of rotatable bonds is 3. The molecular formula is C15H19BrN2O2. The molecule has 5 heteroatoms. The van der Waals surface area contributed by atoms with Crippen LogP contribution in [0.15, 0.2) is 22.7 Å². The van der Waals surface area contributed by atoms with Gasteiger partial charge in [0.05, 0.1) is 0 Å². The van der Waals surface area contributed by atoms with Gasteiger partial charge in [0.1, 0.15) is 12.6 Å². The molecule has 0 saturated carbocycles. The minimum Gasteiger partial charge on any atom is -0.343 e. The lowest BCUT2D eigenvalue weighted by Gasteiger charge is -2.34. The molecule has 1 atom stereocenters. The Hall–Kier alpha value is -1.36. The number of piperazine rings is 1. The predicted octanol–water partition coefficient (Wildman–Crippen LogP) is 2.64. The molecule has 1 N–H and O–H groups in total. The van der Waals surface area contributed by atoms with Crippen LogP contribution < -0.4 is 10.2 Å². The lowest BCUT2D eigenvalue weighted by Crippen LogP contribution is -2.58. The number of aryl methyl sites for hydroxylation is 1. The molecule has 1 unspecified atom stereocenters. The van der Waals surface area contributed by atoms with Gasteiger partial charge in [-0.25, -0.2) is 0 Å². The maximum absolute atomic E-state index is 12.5.